The van der Waals surface area contributed by atoms with Gasteiger partial charge in [-0.3, -0.25) is 14.4 Å². The maximum atomic E-state index is 13.7. The molecule has 6 nitrogen and oxygen atoms in total. The quantitative estimate of drug-likeness (QED) is 0.516. The van der Waals surface area contributed by atoms with Crippen LogP contribution in [0.3, 0.4) is 0 Å². The van der Waals surface area contributed by atoms with Crippen LogP contribution in [-0.2, 0) is 14.4 Å². The van der Waals surface area contributed by atoms with Crippen LogP contribution in [0.5, 0.6) is 0 Å². The Labute approximate surface area is 199 Å². The molecule has 0 aromatic heterocycles. The van der Waals surface area contributed by atoms with Crippen molar-refractivity contribution in [1.82, 2.24) is 0 Å². The topological polar surface area (TPSA) is 78.5 Å². The van der Waals surface area contributed by atoms with Crippen LogP contribution in [0.2, 0.25) is 0 Å². The van der Waals surface area contributed by atoms with Crippen molar-refractivity contribution in [2.75, 3.05) is 15.5 Å². The minimum absolute atomic E-state index is 0.183. The fourth-order valence-electron chi connectivity index (χ4n) is 3.98. The molecule has 1 heterocycles. The van der Waals surface area contributed by atoms with Gasteiger partial charge in [0, 0.05) is 18.3 Å². The third kappa shape index (κ3) is 4.35. The van der Waals surface area contributed by atoms with Crippen molar-refractivity contribution in [2.24, 2.45) is 0 Å². The molecule has 0 unspecified atom stereocenters. The monoisotopic (exact) mass is 453 g/mol. The normalized spacial score (nSPS) is 13.5. The number of nitrogens with zero attached hydrogens (tertiary/aromatic N) is 1. The number of anilines is 3. The van der Waals surface area contributed by atoms with Crippen molar-refractivity contribution in [1.29, 1.82) is 0 Å². The molecular weight excluding hydrogens is 426 g/mol. The lowest BCUT2D eigenvalue weighted by Gasteiger charge is -2.18. The van der Waals surface area contributed by atoms with Crippen molar-refractivity contribution < 1.29 is 14.4 Å². The van der Waals surface area contributed by atoms with E-state index in [4.69, 9.17) is 0 Å². The molecule has 3 aromatic rings. The molecule has 0 radical (unpaired) electrons. The number of amides is 3. The van der Waals surface area contributed by atoms with Gasteiger partial charge in [-0.25, -0.2) is 4.90 Å². The first-order chi connectivity index (χ1) is 16.2. The molecule has 1 aliphatic heterocycles. The van der Waals surface area contributed by atoms with Crippen molar-refractivity contribution in [3.8, 4) is 0 Å². The number of imide groups is 1. The van der Waals surface area contributed by atoms with E-state index in [1.165, 1.54) is 11.8 Å². The molecule has 1 aliphatic rings. The van der Waals surface area contributed by atoms with Crippen LogP contribution in [0.4, 0.5) is 17.1 Å². The molecule has 0 bridgehead atoms. The van der Waals surface area contributed by atoms with Crippen LogP contribution in [0.25, 0.3) is 5.57 Å². The Hall–Kier alpha value is -4.19. The number of nitrogens with one attached hydrogen (secondary N) is 2. The molecule has 6 heteroatoms. The number of carbonyl (C=O) groups excluding carboxylic acids is 3. The van der Waals surface area contributed by atoms with Gasteiger partial charge in [0.2, 0.25) is 5.91 Å². The zero-order valence-corrected chi connectivity index (χ0v) is 19.9. The minimum Gasteiger partial charge on any atom is -0.350 e. The van der Waals surface area contributed by atoms with E-state index in [1.807, 2.05) is 64.1 Å². The van der Waals surface area contributed by atoms with Gasteiger partial charge in [0.25, 0.3) is 11.8 Å². The molecule has 0 aliphatic carbocycles. The summed E-state index contributed by atoms with van der Waals surface area (Å²) in [6.45, 7) is 9.26. The molecule has 0 spiro atoms. The van der Waals surface area contributed by atoms with Crippen LogP contribution in [0.1, 0.15) is 34.7 Å². The first-order valence-electron chi connectivity index (χ1n) is 11.1. The Morgan fingerprint density at radius 1 is 0.735 bits per heavy atom. The predicted octanol–water partition coefficient (Wildman–Crippen LogP) is 5.28. The largest absolute Gasteiger partial charge is 0.350 e. The van der Waals surface area contributed by atoms with Gasteiger partial charge >= 0.3 is 0 Å². The molecule has 2 N–H and O–H groups in total. The van der Waals surface area contributed by atoms with Crippen molar-refractivity contribution in [3.63, 3.8) is 0 Å². The fourth-order valence-corrected chi connectivity index (χ4v) is 3.98. The van der Waals surface area contributed by atoms with E-state index < -0.39 is 11.8 Å². The molecule has 0 fully saturated rings. The van der Waals surface area contributed by atoms with Gasteiger partial charge in [-0.15, -0.1) is 0 Å². The zero-order chi connectivity index (χ0) is 24.6. The lowest BCUT2D eigenvalue weighted by atomic mass is 10.0. The maximum Gasteiger partial charge on any atom is 0.282 e. The zero-order valence-electron chi connectivity index (χ0n) is 19.9. The summed E-state index contributed by atoms with van der Waals surface area (Å²) in [6.07, 6.45) is 0. The maximum absolute atomic E-state index is 13.7. The SMILES string of the molecule is CC(=O)Nc1ccc(C2=C(Nc3ccc(C)c(C)c3)C(=O)N(c3cc(C)ccc3C)C2=O)cc1. The molecule has 34 heavy (non-hydrogen) atoms. The first kappa shape index (κ1) is 23.0. The van der Waals surface area contributed by atoms with Gasteiger partial charge in [0.15, 0.2) is 0 Å². The number of rotatable bonds is 5. The molecule has 4 rings (SSSR count). The summed E-state index contributed by atoms with van der Waals surface area (Å²) >= 11 is 0. The average molecular weight is 454 g/mol. The summed E-state index contributed by atoms with van der Waals surface area (Å²) in [7, 11) is 0. The molecule has 3 amide bonds. The second kappa shape index (κ2) is 8.98. The van der Waals surface area contributed by atoms with E-state index in [-0.39, 0.29) is 11.6 Å². The van der Waals surface area contributed by atoms with Crippen LogP contribution in [-0.4, -0.2) is 17.7 Å². The third-order valence-electron chi connectivity index (χ3n) is 5.96. The van der Waals surface area contributed by atoms with E-state index in [9.17, 15) is 14.4 Å². The fraction of sp³-hybridized carbons (Fsp3) is 0.179. The summed E-state index contributed by atoms with van der Waals surface area (Å²) < 4.78 is 0. The predicted molar refractivity (Wildman–Crippen MR) is 136 cm³/mol. The Morgan fingerprint density at radius 3 is 2.03 bits per heavy atom. The highest BCUT2D eigenvalue weighted by atomic mass is 16.2. The van der Waals surface area contributed by atoms with Crippen molar-refractivity contribution in [3.05, 3.63) is 94.2 Å². The number of benzene rings is 3. The molecule has 0 atom stereocenters. The van der Waals surface area contributed by atoms with Gasteiger partial charge in [-0.2, -0.15) is 0 Å². The number of carbonyl (C=O) groups is 3. The first-order valence-corrected chi connectivity index (χ1v) is 11.1. The summed E-state index contributed by atoms with van der Waals surface area (Å²) in [5.41, 5.74) is 7.02. The molecule has 0 saturated carbocycles. The minimum atomic E-state index is -0.405. The Kier molecular flexibility index (Phi) is 6.07. The second-order valence-corrected chi connectivity index (χ2v) is 8.67. The van der Waals surface area contributed by atoms with Crippen LogP contribution in [0.15, 0.2) is 66.4 Å². The van der Waals surface area contributed by atoms with E-state index in [2.05, 4.69) is 10.6 Å². The summed E-state index contributed by atoms with van der Waals surface area (Å²) in [5.74, 6) is -0.979. The molecular formula is C28H27N3O3. The Bertz CT molecular complexity index is 1350. The highest BCUT2D eigenvalue weighted by molar-refractivity contribution is 6.46. The van der Waals surface area contributed by atoms with Gasteiger partial charge in [0.1, 0.15) is 5.70 Å². The second-order valence-electron chi connectivity index (χ2n) is 8.67. The van der Waals surface area contributed by atoms with Crippen LogP contribution >= 0.6 is 0 Å². The standard InChI is InChI=1S/C28H27N3O3/c1-16-6-7-18(3)24(14-16)31-27(33)25(21-9-12-22(13-10-21)29-20(5)32)26(28(31)34)30-23-11-8-17(2)19(4)15-23/h6-15,30H,1-5H3,(H,29,32). The van der Waals surface area contributed by atoms with Gasteiger partial charge < -0.3 is 10.6 Å². The van der Waals surface area contributed by atoms with E-state index >= 15 is 0 Å². The third-order valence-corrected chi connectivity index (χ3v) is 5.96. The van der Waals surface area contributed by atoms with Crippen molar-refractivity contribution in [2.45, 2.75) is 34.6 Å². The van der Waals surface area contributed by atoms with Crippen LogP contribution in [0, 0.1) is 27.7 Å². The Balaban J connectivity index is 1.82. The molecule has 3 aromatic carbocycles. The van der Waals surface area contributed by atoms with Gasteiger partial charge in [0.05, 0.1) is 11.3 Å². The van der Waals surface area contributed by atoms with E-state index in [0.29, 0.717) is 22.5 Å². The van der Waals surface area contributed by atoms with E-state index in [1.54, 1.807) is 24.3 Å². The van der Waals surface area contributed by atoms with Crippen LogP contribution < -0.4 is 15.5 Å². The Morgan fingerprint density at radius 2 is 1.38 bits per heavy atom. The molecule has 172 valence electrons. The average Bonchev–Trinajstić information content (AvgIpc) is 3.02. The summed E-state index contributed by atoms with van der Waals surface area (Å²) in [6, 6.07) is 18.4. The summed E-state index contributed by atoms with van der Waals surface area (Å²) in [4.78, 5) is 40.0. The highest BCUT2D eigenvalue weighted by Gasteiger charge is 2.40. The number of aryl methyl sites for hydroxylation is 4. The van der Waals surface area contributed by atoms with Gasteiger partial charge in [-0.05, 0) is 85.8 Å². The molecule has 0 saturated heterocycles. The lowest BCUT2D eigenvalue weighted by Crippen LogP contribution is -2.33. The van der Waals surface area contributed by atoms with Crippen molar-refractivity contribution >= 4 is 40.4 Å². The lowest BCUT2D eigenvalue weighted by molar-refractivity contribution is -0.120. The highest BCUT2D eigenvalue weighted by Crippen LogP contribution is 2.36. The van der Waals surface area contributed by atoms with Gasteiger partial charge in [-0.1, -0.05) is 30.3 Å². The number of hydrogen-bond acceptors (Lipinski definition) is 4. The number of hydrogen-bond donors (Lipinski definition) is 2. The summed E-state index contributed by atoms with van der Waals surface area (Å²) in [5, 5.41) is 5.94. The smallest absolute Gasteiger partial charge is 0.282 e. The van der Waals surface area contributed by atoms with E-state index in [0.717, 1.165) is 27.9 Å².